The predicted octanol–water partition coefficient (Wildman–Crippen LogP) is 4.47. The van der Waals surface area contributed by atoms with Crippen LogP contribution in [0.25, 0.3) is 0 Å². The van der Waals surface area contributed by atoms with Gasteiger partial charge in [0.05, 0.1) is 33.0 Å². The monoisotopic (exact) mass is 405 g/mol. The number of nitrogens with zero attached hydrogens (tertiary/aromatic N) is 1. The second-order valence-corrected chi connectivity index (χ2v) is 8.33. The molecule has 0 aromatic heterocycles. The topological polar surface area (TPSA) is 40.2 Å². The van der Waals surface area contributed by atoms with Gasteiger partial charge in [0.25, 0.3) is 0 Å². The van der Waals surface area contributed by atoms with Crippen molar-refractivity contribution in [2.24, 2.45) is 0 Å². The Bertz CT molecular complexity index is 609. The van der Waals surface area contributed by atoms with Crippen LogP contribution in [-0.2, 0) is 15.9 Å². The Labute approximate surface area is 176 Å². The third kappa shape index (κ3) is 6.34. The smallest absolute Gasteiger partial charge is 0.160 e. The second-order valence-electron chi connectivity index (χ2n) is 8.33. The quantitative estimate of drug-likeness (QED) is 0.508. The van der Waals surface area contributed by atoms with E-state index in [9.17, 15) is 0 Å². The molecule has 5 nitrogen and oxygen atoms in total. The van der Waals surface area contributed by atoms with Gasteiger partial charge in [0.2, 0.25) is 0 Å². The SMILES string of the molecule is CCCCO[C@@H]1CCN([C@H]2CCCC[C@H]2OCCc2ccc(OC)c(OC)c2)C1. The zero-order valence-electron chi connectivity index (χ0n) is 18.5. The first kappa shape index (κ1) is 22.4. The van der Waals surface area contributed by atoms with Crippen molar-refractivity contribution in [2.75, 3.05) is 40.5 Å². The van der Waals surface area contributed by atoms with Crippen LogP contribution in [0.3, 0.4) is 0 Å². The summed E-state index contributed by atoms with van der Waals surface area (Å²) < 4.78 is 23.2. The van der Waals surface area contributed by atoms with Crippen molar-refractivity contribution in [1.82, 2.24) is 4.90 Å². The van der Waals surface area contributed by atoms with E-state index in [1.54, 1.807) is 14.2 Å². The molecule has 0 N–H and O–H groups in total. The highest BCUT2D eigenvalue weighted by atomic mass is 16.5. The van der Waals surface area contributed by atoms with Crippen LogP contribution >= 0.6 is 0 Å². The van der Waals surface area contributed by atoms with Crippen LogP contribution in [0.2, 0.25) is 0 Å². The lowest BCUT2D eigenvalue weighted by molar-refractivity contribution is -0.0345. The Hall–Kier alpha value is -1.30. The number of rotatable bonds is 11. The molecule has 29 heavy (non-hydrogen) atoms. The molecule has 5 heteroatoms. The lowest BCUT2D eigenvalue weighted by Crippen LogP contribution is -2.46. The number of hydrogen-bond donors (Lipinski definition) is 0. The van der Waals surface area contributed by atoms with E-state index in [2.05, 4.69) is 24.0 Å². The molecule has 1 heterocycles. The number of hydrogen-bond acceptors (Lipinski definition) is 5. The number of likely N-dealkylation sites (tertiary alicyclic amines) is 1. The third-order valence-electron chi connectivity index (χ3n) is 6.34. The van der Waals surface area contributed by atoms with Gasteiger partial charge in [-0.15, -0.1) is 0 Å². The van der Waals surface area contributed by atoms with Crippen molar-refractivity contribution < 1.29 is 18.9 Å². The molecule has 1 aromatic carbocycles. The Morgan fingerprint density at radius 3 is 2.59 bits per heavy atom. The second kappa shape index (κ2) is 11.8. The summed E-state index contributed by atoms with van der Waals surface area (Å²) in [7, 11) is 3.35. The van der Waals surface area contributed by atoms with Crippen molar-refractivity contribution in [1.29, 1.82) is 0 Å². The van der Waals surface area contributed by atoms with Gasteiger partial charge in [-0.1, -0.05) is 32.3 Å². The van der Waals surface area contributed by atoms with Gasteiger partial charge in [0.15, 0.2) is 11.5 Å². The number of benzene rings is 1. The number of unbranched alkanes of at least 4 members (excludes halogenated alkanes) is 1. The van der Waals surface area contributed by atoms with Crippen LogP contribution in [-0.4, -0.2) is 63.7 Å². The highest BCUT2D eigenvalue weighted by Gasteiger charge is 2.35. The van der Waals surface area contributed by atoms with Crippen molar-refractivity contribution in [3.8, 4) is 11.5 Å². The summed E-state index contributed by atoms with van der Waals surface area (Å²) in [6.45, 7) is 6.10. The first-order valence-electron chi connectivity index (χ1n) is 11.4. The molecule has 1 aliphatic carbocycles. The van der Waals surface area contributed by atoms with Crippen molar-refractivity contribution in [3.63, 3.8) is 0 Å². The van der Waals surface area contributed by atoms with E-state index >= 15 is 0 Å². The average molecular weight is 406 g/mol. The summed E-state index contributed by atoms with van der Waals surface area (Å²) in [5.74, 6) is 1.56. The molecule has 164 valence electrons. The van der Waals surface area contributed by atoms with E-state index in [4.69, 9.17) is 18.9 Å². The molecule has 1 aromatic rings. The first-order chi connectivity index (χ1) is 14.2. The minimum atomic E-state index is 0.346. The fraction of sp³-hybridized carbons (Fsp3) is 0.750. The van der Waals surface area contributed by atoms with Crippen LogP contribution in [0.1, 0.15) is 57.4 Å². The molecule has 3 rings (SSSR count). The molecule has 2 fully saturated rings. The Morgan fingerprint density at radius 2 is 1.79 bits per heavy atom. The molecule has 3 atom stereocenters. The van der Waals surface area contributed by atoms with Gasteiger partial charge in [0.1, 0.15) is 0 Å². The maximum atomic E-state index is 6.42. The third-order valence-corrected chi connectivity index (χ3v) is 6.34. The highest BCUT2D eigenvalue weighted by molar-refractivity contribution is 5.42. The summed E-state index contributed by atoms with van der Waals surface area (Å²) in [5.41, 5.74) is 1.22. The largest absolute Gasteiger partial charge is 0.493 e. The van der Waals surface area contributed by atoms with E-state index in [0.29, 0.717) is 18.2 Å². The highest BCUT2D eigenvalue weighted by Crippen LogP contribution is 2.30. The molecule has 1 saturated heterocycles. The molecule has 1 saturated carbocycles. The van der Waals surface area contributed by atoms with Gasteiger partial charge < -0.3 is 18.9 Å². The summed E-state index contributed by atoms with van der Waals surface area (Å²) in [5, 5.41) is 0. The summed E-state index contributed by atoms with van der Waals surface area (Å²) in [6.07, 6.45) is 10.2. The first-order valence-corrected chi connectivity index (χ1v) is 11.4. The molecule has 0 bridgehead atoms. The lowest BCUT2D eigenvalue weighted by Gasteiger charge is -2.37. The lowest BCUT2D eigenvalue weighted by atomic mass is 9.91. The maximum Gasteiger partial charge on any atom is 0.160 e. The number of ether oxygens (including phenoxy) is 4. The summed E-state index contributed by atoms with van der Waals surface area (Å²) in [4.78, 5) is 2.64. The molecule has 0 amide bonds. The Morgan fingerprint density at radius 1 is 0.966 bits per heavy atom. The van der Waals surface area contributed by atoms with E-state index in [1.165, 1.54) is 50.5 Å². The van der Waals surface area contributed by atoms with Gasteiger partial charge in [-0.3, -0.25) is 4.90 Å². The van der Waals surface area contributed by atoms with Gasteiger partial charge in [-0.2, -0.15) is 0 Å². The fourth-order valence-corrected chi connectivity index (χ4v) is 4.64. The van der Waals surface area contributed by atoms with Crippen molar-refractivity contribution in [2.45, 2.75) is 76.5 Å². The van der Waals surface area contributed by atoms with Gasteiger partial charge in [0, 0.05) is 25.7 Å². The standard InChI is InChI=1S/C24H39NO4/c1-4-5-15-28-20-12-14-25(18-20)21-8-6-7-9-22(21)29-16-13-19-10-11-23(26-2)24(17-19)27-3/h10-11,17,20-22H,4-9,12-16,18H2,1-3H3/t20-,21+,22-/m1/s1. The molecule has 0 spiro atoms. The zero-order valence-corrected chi connectivity index (χ0v) is 18.5. The van der Waals surface area contributed by atoms with Crippen LogP contribution in [0, 0.1) is 0 Å². The molecule has 0 unspecified atom stereocenters. The average Bonchev–Trinajstić information content (AvgIpc) is 3.23. The fourth-order valence-electron chi connectivity index (χ4n) is 4.64. The molecule has 1 aliphatic heterocycles. The van der Waals surface area contributed by atoms with E-state index in [-0.39, 0.29) is 0 Å². The van der Waals surface area contributed by atoms with Gasteiger partial charge >= 0.3 is 0 Å². The molecule has 0 radical (unpaired) electrons. The molecular formula is C24H39NO4. The Kier molecular flexibility index (Phi) is 9.09. The zero-order chi connectivity index (χ0) is 20.5. The van der Waals surface area contributed by atoms with E-state index in [0.717, 1.165) is 44.2 Å². The summed E-state index contributed by atoms with van der Waals surface area (Å²) in [6, 6.07) is 6.68. The van der Waals surface area contributed by atoms with E-state index < -0.39 is 0 Å². The normalized spacial score (nSPS) is 25.3. The van der Waals surface area contributed by atoms with E-state index in [1.807, 2.05) is 6.07 Å². The summed E-state index contributed by atoms with van der Waals surface area (Å²) >= 11 is 0. The molecular weight excluding hydrogens is 366 g/mol. The van der Waals surface area contributed by atoms with Crippen LogP contribution in [0.15, 0.2) is 18.2 Å². The predicted molar refractivity (Wildman–Crippen MR) is 116 cm³/mol. The van der Waals surface area contributed by atoms with Crippen molar-refractivity contribution in [3.05, 3.63) is 23.8 Å². The maximum absolute atomic E-state index is 6.42. The Balaban J connectivity index is 1.48. The number of methoxy groups -OCH3 is 2. The van der Waals surface area contributed by atoms with Gasteiger partial charge in [-0.05, 0) is 49.8 Å². The molecule has 2 aliphatic rings. The van der Waals surface area contributed by atoms with Crippen LogP contribution in [0.4, 0.5) is 0 Å². The van der Waals surface area contributed by atoms with Gasteiger partial charge in [-0.25, -0.2) is 0 Å². The van der Waals surface area contributed by atoms with Crippen LogP contribution in [0.5, 0.6) is 11.5 Å². The van der Waals surface area contributed by atoms with Crippen LogP contribution < -0.4 is 9.47 Å². The minimum absolute atomic E-state index is 0.346. The van der Waals surface area contributed by atoms with Crippen molar-refractivity contribution >= 4 is 0 Å². The minimum Gasteiger partial charge on any atom is -0.493 e.